The number of aromatic amines is 1. The van der Waals surface area contributed by atoms with E-state index in [2.05, 4.69) is 70.1 Å². The molecule has 1 N–H and O–H groups in total. The van der Waals surface area contributed by atoms with E-state index in [1.54, 1.807) is 7.11 Å². The number of allylic oxidation sites excluding steroid dienone is 2. The summed E-state index contributed by atoms with van der Waals surface area (Å²) >= 11 is 0. The average molecular weight is 404 g/mol. The molecule has 1 unspecified atom stereocenters. The molecule has 1 aliphatic rings. The molecule has 1 atom stereocenters. The smallest absolute Gasteiger partial charge is 0.0958 e. The minimum Gasteiger partial charge on any atom is -0.501 e. The third kappa shape index (κ3) is 4.33. The molecule has 0 amide bonds. The predicted molar refractivity (Wildman–Crippen MR) is 129 cm³/mol. The van der Waals surface area contributed by atoms with Crippen LogP contribution in [0.15, 0.2) is 54.3 Å². The van der Waals surface area contributed by atoms with Gasteiger partial charge in [-0.3, -0.25) is 0 Å². The Morgan fingerprint density at radius 1 is 1.17 bits per heavy atom. The van der Waals surface area contributed by atoms with Crippen LogP contribution in [0.25, 0.3) is 5.57 Å². The molecule has 0 bridgehead atoms. The molecular weight excluding hydrogens is 366 g/mol. The van der Waals surface area contributed by atoms with Gasteiger partial charge in [0.25, 0.3) is 0 Å². The molecule has 1 aliphatic carbocycles. The number of fused-ring (bicyclic) bond motifs is 1. The summed E-state index contributed by atoms with van der Waals surface area (Å²) in [5.74, 6) is 0.948. The molecule has 1 heterocycles. The number of H-pyrrole nitrogens is 1. The zero-order valence-corrected chi connectivity index (χ0v) is 19.5. The first kappa shape index (κ1) is 22.2. The van der Waals surface area contributed by atoms with Crippen molar-refractivity contribution in [1.29, 1.82) is 0 Å². The van der Waals surface area contributed by atoms with Gasteiger partial charge in [-0.2, -0.15) is 0 Å². The SMILES string of the molecule is C=C(C)/C(=C(/c1cccc(C)c1)c1c(C)[nH]c2c1CCCC2)C(CCC)C(=C)OC. The van der Waals surface area contributed by atoms with E-state index < -0.39 is 0 Å². The number of rotatable bonds is 8. The van der Waals surface area contributed by atoms with E-state index in [1.807, 2.05) is 0 Å². The van der Waals surface area contributed by atoms with Gasteiger partial charge >= 0.3 is 0 Å². The summed E-state index contributed by atoms with van der Waals surface area (Å²) < 4.78 is 5.69. The number of hydrogen-bond donors (Lipinski definition) is 1. The van der Waals surface area contributed by atoms with Gasteiger partial charge in [0.1, 0.15) is 0 Å². The molecule has 30 heavy (non-hydrogen) atoms. The summed E-state index contributed by atoms with van der Waals surface area (Å²) in [5, 5.41) is 0. The van der Waals surface area contributed by atoms with Crippen molar-refractivity contribution in [3.63, 3.8) is 0 Å². The number of benzene rings is 1. The molecule has 2 heteroatoms. The van der Waals surface area contributed by atoms with Crippen molar-refractivity contribution in [2.75, 3.05) is 7.11 Å². The lowest BCUT2D eigenvalue weighted by atomic mass is 9.78. The van der Waals surface area contributed by atoms with Crippen LogP contribution >= 0.6 is 0 Å². The Labute approximate surface area is 182 Å². The Morgan fingerprint density at radius 2 is 1.90 bits per heavy atom. The molecule has 3 rings (SSSR count). The van der Waals surface area contributed by atoms with E-state index in [0.717, 1.165) is 37.0 Å². The third-order valence-corrected chi connectivity index (χ3v) is 6.35. The number of methoxy groups -OCH3 is 1. The number of ether oxygens (including phenoxy) is 1. The van der Waals surface area contributed by atoms with Crippen LogP contribution in [0.1, 0.15) is 73.2 Å². The molecule has 0 saturated carbocycles. The Kier molecular flexibility index (Phi) is 7.07. The van der Waals surface area contributed by atoms with Gasteiger partial charge in [0.2, 0.25) is 0 Å². The zero-order valence-electron chi connectivity index (χ0n) is 19.5. The second-order valence-corrected chi connectivity index (χ2v) is 8.74. The number of aryl methyl sites for hydroxylation is 3. The average Bonchev–Trinajstić information content (AvgIpc) is 3.05. The number of hydrogen-bond acceptors (Lipinski definition) is 1. The number of aromatic nitrogens is 1. The topological polar surface area (TPSA) is 25.0 Å². The molecule has 0 fully saturated rings. The molecule has 160 valence electrons. The van der Waals surface area contributed by atoms with Crippen molar-refractivity contribution in [1.82, 2.24) is 4.98 Å². The van der Waals surface area contributed by atoms with Gasteiger partial charge in [-0.1, -0.05) is 61.9 Å². The van der Waals surface area contributed by atoms with Crippen molar-refractivity contribution in [3.05, 3.63) is 88.0 Å². The van der Waals surface area contributed by atoms with Gasteiger partial charge in [0.15, 0.2) is 0 Å². The lowest BCUT2D eigenvalue weighted by Crippen LogP contribution is -2.13. The molecule has 0 saturated heterocycles. The van der Waals surface area contributed by atoms with Gasteiger partial charge in [-0.25, -0.2) is 0 Å². The Balaban J connectivity index is 2.40. The monoisotopic (exact) mass is 403 g/mol. The Morgan fingerprint density at radius 3 is 2.53 bits per heavy atom. The lowest BCUT2D eigenvalue weighted by molar-refractivity contribution is 0.251. The van der Waals surface area contributed by atoms with Gasteiger partial charge in [0.05, 0.1) is 12.9 Å². The molecule has 1 aromatic carbocycles. The molecule has 1 aromatic heterocycles. The second kappa shape index (κ2) is 9.55. The quantitative estimate of drug-likeness (QED) is 0.359. The Hall–Kier alpha value is -2.48. The maximum Gasteiger partial charge on any atom is 0.0958 e. The molecule has 2 aromatic rings. The third-order valence-electron chi connectivity index (χ3n) is 6.35. The predicted octanol–water partition coefficient (Wildman–Crippen LogP) is 7.46. The van der Waals surface area contributed by atoms with Crippen molar-refractivity contribution in [2.45, 2.75) is 66.2 Å². The normalized spacial score (nSPS) is 15.2. The highest BCUT2D eigenvalue weighted by molar-refractivity contribution is 5.88. The van der Waals surface area contributed by atoms with E-state index in [-0.39, 0.29) is 5.92 Å². The van der Waals surface area contributed by atoms with Gasteiger partial charge < -0.3 is 9.72 Å². The van der Waals surface area contributed by atoms with E-state index in [9.17, 15) is 0 Å². The summed E-state index contributed by atoms with van der Waals surface area (Å²) in [4.78, 5) is 3.72. The first-order valence-corrected chi connectivity index (χ1v) is 11.3. The van der Waals surface area contributed by atoms with Crippen molar-refractivity contribution < 1.29 is 4.74 Å². The van der Waals surface area contributed by atoms with Crippen LogP contribution in [-0.2, 0) is 17.6 Å². The maximum absolute atomic E-state index is 5.69. The van der Waals surface area contributed by atoms with Crippen molar-refractivity contribution in [3.8, 4) is 0 Å². The second-order valence-electron chi connectivity index (χ2n) is 8.74. The van der Waals surface area contributed by atoms with Gasteiger partial charge in [-0.15, -0.1) is 0 Å². The summed E-state index contributed by atoms with van der Waals surface area (Å²) in [6, 6.07) is 8.87. The van der Waals surface area contributed by atoms with Crippen LogP contribution < -0.4 is 0 Å². The van der Waals surface area contributed by atoms with Gasteiger partial charge in [-0.05, 0) is 75.1 Å². The highest BCUT2D eigenvalue weighted by atomic mass is 16.5. The summed E-state index contributed by atoms with van der Waals surface area (Å²) in [5.41, 5.74) is 11.7. The van der Waals surface area contributed by atoms with Gasteiger partial charge in [0, 0.05) is 22.9 Å². The minimum absolute atomic E-state index is 0.126. The standard InChI is InChI=1S/C28H37NO/c1-8-12-23(21(6)30-7)26(18(2)3)28(22-14-11-13-19(4)17-22)27-20(5)29-25-16-10-9-15-24(25)27/h11,13-14,17,23,29H,2,6,8-10,12,15-16H2,1,3-5,7H3/b28-26+. The molecule has 0 spiro atoms. The largest absolute Gasteiger partial charge is 0.501 e. The van der Waals surface area contributed by atoms with E-state index in [0.29, 0.717) is 0 Å². The molecular formula is C28H37NO. The zero-order chi connectivity index (χ0) is 21.8. The highest BCUT2D eigenvalue weighted by Crippen LogP contribution is 2.43. The molecule has 0 radical (unpaired) electrons. The highest BCUT2D eigenvalue weighted by Gasteiger charge is 2.28. The number of nitrogens with one attached hydrogen (secondary N) is 1. The van der Waals surface area contributed by atoms with E-state index in [1.165, 1.54) is 57.6 Å². The van der Waals surface area contributed by atoms with E-state index in [4.69, 9.17) is 4.74 Å². The first-order chi connectivity index (χ1) is 14.4. The maximum atomic E-state index is 5.69. The molecule has 2 nitrogen and oxygen atoms in total. The van der Waals surface area contributed by atoms with Crippen molar-refractivity contribution >= 4 is 5.57 Å². The minimum atomic E-state index is 0.126. The fourth-order valence-corrected chi connectivity index (χ4v) is 4.99. The van der Waals surface area contributed by atoms with Crippen LogP contribution in [0.4, 0.5) is 0 Å². The summed E-state index contributed by atoms with van der Waals surface area (Å²) in [6.45, 7) is 17.4. The fraction of sp³-hybridized carbons (Fsp3) is 0.429. The van der Waals surface area contributed by atoms with Crippen LogP contribution in [0.5, 0.6) is 0 Å². The molecule has 0 aliphatic heterocycles. The van der Waals surface area contributed by atoms with Crippen molar-refractivity contribution in [2.24, 2.45) is 5.92 Å². The van der Waals surface area contributed by atoms with Crippen LogP contribution in [0, 0.1) is 19.8 Å². The van der Waals surface area contributed by atoms with E-state index >= 15 is 0 Å². The lowest BCUT2D eigenvalue weighted by Gasteiger charge is -2.27. The Bertz CT molecular complexity index is 973. The first-order valence-electron chi connectivity index (χ1n) is 11.3. The summed E-state index contributed by atoms with van der Waals surface area (Å²) in [6.07, 6.45) is 6.86. The summed E-state index contributed by atoms with van der Waals surface area (Å²) in [7, 11) is 1.73. The van der Waals surface area contributed by atoms with Crippen LogP contribution in [-0.4, -0.2) is 12.1 Å². The van der Waals surface area contributed by atoms with Crippen LogP contribution in [0.3, 0.4) is 0 Å². The van der Waals surface area contributed by atoms with Crippen LogP contribution in [0.2, 0.25) is 0 Å². The fourth-order valence-electron chi connectivity index (χ4n) is 4.99.